The van der Waals surface area contributed by atoms with E-state index >= 15 is 0 Å². The second-order valence-corrected chi connectivity index (χ2v) is 6.73. The number of carbonyl (C=O) groups excluding carboxylic acids is 1. The van der Waals surface area contributed by atoms with Crippen molar-refractivity contribution in [3.63, 3.8) is 0 Å². The first-order valence-electron chi connectivity index (χ1n) is 8.88. The highest BCUT2D eigenvalue weighted by atomic mass is 16.1. The summed E-state index contributed by atoms with van der Waals surface area (Å²) in [5.41, 5.74) is 5.90. The van der Waals surface area contributed by atoms with Gasteiger partial charge in [0, 0.05) is 11.4 Å². The zero-order valence-electron chi connectivity index (χ0n) is 16.3. The summed E-state index contributed by atoms with van der Waals surface area (Å²) in [6, 6.07) is 14.9. The molecule has 0 atom stereocenters. The summed E-state index contributed by atoms with van der Waals surface area (Å²) in [5.74, 6) is -0.0395. The van der Waals surface area contributed by atoms with Crippen LogP contribution in [0.5, 0.6) is 0 Å². The maximum absolute atomic E-state index is 12.8. The molecule has 3 aromatic rings. The smallest absolute Gasteiger partial charge is 0.274 e. The van der Waals surface area contributed by atoms with Gasteiger partial charge in [-0.1, -0.05) is 29.8 Å². The number of anilines is 3. The molecule has 3 rings (SSSR count). The maximum atomic E-state index is 12.8. The Balaban J connectivity index is 1.89. The highest BCUT2D eigenvalue weighted by Crippen LogP contribution is 2.23. The number of carbonyl (C=O) groups is 1. The Morgan fingerprint density at radius 1 is 1.00 bits per heavy atom. The molecule has 0 spiro atoms. The van der Waals surface area contributed by atoms with Gasteiger partial charge in [-0.15, -0.1) is 0 Å². The van der Waals surface area contributed by atoms with Crippen LogP contribution < -0.4 is 10.6 Å². The van der Waals surface area contributed by atoms with E-state index in [1.54, 1.807) is 31.2 Å². The fourth-order valence-corrected chi connectivity index (χ4v) is 3.11. The van der Waals surface area contributed by atoms with Gasteiger partial charge in [-0.25, -0.2) is 9.97 Å². The lowest BCUT2D eigenvalue weighted by molar-refractivity contribution is 0.102. The van der Waals surface area contributed by atoms with E-state index in [0.717, 1.165) is 22.4 Å². The monoisotopic (exact) mass is 371 g/mol. The van der Waals surface area contributed by atoms with E-state index < -0.39 is 0 Å². The van der Waals surface area contributed by atoms with Gasteiger partial charge >= 0.3 is 0 Å². The molecule has 1 amide bonds. The Kier molecular flexibility index (Phi) is 5.37. The van der Waals surface area contributed by atoms with Gasteiger partial charge in [-0.2, -0.15) is 5.26 Å². The van der Waals surface area contributed by atoms with Crippen molar-refractivity contribution in [3.05, 3.63) is 76.1 Å². The van der Waals surface area contributed by atoms with Crippen molar-refractivity contribution >= 4 is 23.2 Å². The first-order chi connectivity index (χ1) is 13.4. The van der Waals surface area contributed by atoms with Gasteiger partial charge in [0.25, 0.3) is 5.91 Å². The highest BCUT2D eigenvalue weighted by Gasteiger charge is 2.14. The van der Waals surface area contributed by atoms with Crippen molar-refractivity contribution < 1.29 is 4.79 Å². The summed E-state index contributed by atoms with van der Waals surface area (Å²) in [5, 5.41) is 15.2. The number of amides is 1. The normalized spacial score (nSPS) is 10.2. The lowest BCUT2D eigenvalue weighted by Gasteiger charge is -2.13. The van der Waals surface area contributed by atoms with Gasteiger partial charge in [0.05, 0.1) is 11.3 Å². The van der Waals surface area contributed by atoms with E-state index in [1.165, 1.54) is 0 Å². The number of hydrogen-bond acceptors (Lipinski definition) is 5. The number of aromatic nitrogens is 2. The Hall–Kier alpha value is -3.72. The molecule has 0 radical (unpaired) electrons. The third-order valence-electron chi connectivity index (χ3n) is 4.30. The van der Waals surface area contributed by atoms with E-state index in [2.05, 4.69) is 26.7 Å². The summed E-state index contributed by atoms with van der Waals surface area (Å²) in [6.07, 6.45) is 0. The van der Waals surface area contributed by atoms with Gasteiger partial charge < -0.3 is 10.6 Å². The molecule has 0 bridgehead atoms. The van der Waals surface area contributed by atoms with Crippen LogP contribution in [0.4, 0.5) is 17.3 Å². The van der Waals surface area contributed by atoms with Crippen LogP contribution in [0.2, 0.25) is 0 Å². The molecule has 0 fully saturated rings. The molecular weight excluding hydrogens is 350 g/mol. The fourth-order valence-electron chi connectivity index (χ4n) is 3.11. The first-order valence-corrected chi connectivity index (χ1v) is 8.88. The number of para-hydroxylation sites is 1. The largest absolute Gasteiger partial charge is 0.323 e. The topological polar surface area (TPSA) is 90.7 Å². The van der Waals surface area contributed by atoms with E-state index in [1.807, 2.05) is 39.0 Å². The average Bonchev–Trinajstić information content (AvgIpc) is 2.64. The van der Waals surface area contributed by atoms with Gasteiger partial charge in [0.15, 0.2) is 0 Å². The first kappa shape index (κ1) is 19.1. The number of nitrogens with zero attached hydrogens (tertiary/aromatic N) is 3. The molecule has 0 aliphatic heterocycles. The Labute approximate surface area is 164 Å². The minimum absolute atomic E-state index is 0.254. The number of rotatable bonds is 4. The summed E-state index contributed by atoms with van der Waals surface area (Å²) < 4.78 is 0. The van der Waals surface area contributed by atoms with E-state index in [9.17, 15) is 10.1 Å². The quantitative estimate of drug-likeness (QED) is 0.700. The van der Waals surface area contributed by atoms with Crippen LogP contribution in [0.15, 0.2) is 42.5 Å². The molecule has 6 nitrogen and oxygen atoms in total. The van der Waals surface area contributed by atoms with Crippen LogP contribution in [0, 0.1) is 39.0 Å². The summed E-state index contributed by atoms with van der Waals surface area (Å²) in [7, 11) is 0. The van der Waals surface area contributed by atoms with Gasteiger partial charge in [0.1, 0.15) is 11.8 Å². The Morgan fingerprint density at radius 3 is 2.36 bits per heavy atom. The van der Waals surface area contributed by atoms with E-state index in [-0.39, 0.29) is 17.5 Å². The molecule has 0 saturated heterocycles. The van der Waals surface area contributed by atoms with Gasteiger partial charge in [-0.3, -0.25) is 4.79 Å². The van der Waals surface area contributed by atoms with E-state index in [0.29, 0.717) is 16.9 Å². The van der Waals surface area contributed by atoms with Crippen molar-refractivity contribution in [1.82, 2.24) is 9.97 Å². The molecule has 1 aromatic heterocycles. The molecule has 2 aromatic carbocycles. The molecule has 28 heavy (non-hydrogen) atoms. The van der Waals surface area contributed by atoms with Crippen molar-refractivity contribution in [2.75, 3.05) is 10.6 Å². The molecule has 1 heterocycles. The van der Waals surface area contributed by atoms with Gasteiger partial charge in [-0.05, 0) is 57.0 Å². The molecule has 0 aliphatic carbocycles. The highest BCUT2D eigenvalue weighted by molar-refractivity contribution is 6.04. The van der Waals surface area contributed by atoms with Crippen LogP contribution in [0.1, 0.15) is 38.4 Å². The van der Waals surface area contributed by atoms with Crippen LogP contribution in [0.3, 0.4) is 0 Å². The van der Waals surface area contributed by atoms with Crippen molar-refractivity contribution in [2.45, 2.75) is 27.7 Å². The average molecular weight is 371 g/mol. The molecular formula is C22H21N5O. The molecule has 2 N–H and O–H groups in total. The molecule has 0 aliphatic rings. The zero-order valence-corrected chi connectivity index (χ0v) is 16.3. The third-order valence-corrected chi connectivity index (χ3v) is 4.30. The molecule has 6 heteroatoms. The molecule has 0 unspecified atom stereocenters. The summed E-state index contributed by atoms with van der Waals surface area (Å²) in [6.45, 7) is 7.75. The van der Waals surface area contributed by atoms with Crippen LogP contribution in [-0.2, 0) is 0 Å². The lowest BCUT2D eigenvalue weighted by Crippen LogP contribution is -2.17. The Morgan fingerprint density at radius 2 is 1.68 bits per heavy atom. The predicted molar refractivity (Wildman–Crippen MR) is 110 cm³/mol. The number of hydrogen-bond donors (Lipinski definition) is 2. The SMILES string of the molecule is Cc1cc(C)c(NC(=O)c2cc(C)nc(Nc3ccccc3C#N)n2)c(C)c1. The van der Waals surface area contributed by atoms with Crippen molar-refractivity contribution in [1.29, 1.82) is 5.26 Å². The lowest BCUT2D eigenvalue weighted by atomic mass is 10.0. The number of nitrogens with one attached hydrogen (secondary N) is 2. The number of nitriles is 1. The Bertz CT molecular complexity index is 1080. The fraction of sp³-hybridized carbons (Fsp3) is 0.182. The van der Waals surface area contributed by atoms with Crippen molar-refractivity contribution in [2.24, 2.45) is 0 Å². The van der Waals surface area contributed by atoms with Crippen LogP contribution >= 0.6 is 0 Å². The zero-order chi connectivity index (χ0) is 20.3. The maximum Gasteiger partial charge on any atom is 0.274 e. The number of benzene rings is 2. The van der Waals surface area contributed by atoms with Crippen molar-refractivity contribution in [3.8, 4) is 6.07 Å². The van der Waals surface area contributed by atoms with E-state index in [4.69, 9.17) is 0 Å². The van der Waals surface area contributed by atoms with Crippen LogP contribution in [0.25, 0.3) is 0 Å². The minimum atomic E-state index is -0.308. The van der Waals surface area contributed by atoms with Gasteiger partial charge in [0.2, 0.25) is 5.95 Å². The standard InChI is InChI=1S/C22H21N5O/c1-13-9-14(2)20(15(3)10-13)27-21(28)19-11-16(4)24-22(26-19)25-18-8-6-5-7-17(18)12-23/h5-11H,1-4H3,(H,27,28)(H,24,25,26). The van der Waals surface area contributed by atoms with Crippen LogP contribution in [-0.4, -0.2) is 15.9 Å². The molecule has 140 valence electrons. The molecule has 0 saturated carbocycles. The second kappa shape index (κ2) is 7.89. The minimum Gasteiger partial charge on any atom is -0.323 e. The predicted octanol–water partition coefficient (Wildman–Crippen LogP) is 4.58. The third kappa shape index (κ3) is 4.15. The second-order valence-electron chi connectivity index (χ2n) is 6.73. The number of aryl methyl sites for hydroxylation is 4. The summed E-state index contributed by atoms with van der Waals surface area (Å²) in [4.78, 5) is 21.5. The summed E-state index contributed by atoms with van der Waals surface area (Å²) >= 11 is 0.